The molecule has 4 atom stereocenters. The van der Waals surface area contributed by atoms with Gasteiger partial charge in [0.05, 0.1) is 6.04 Å². The molecule has 0 spiro atoms. The number of nitrogens with zero attached hydrogens (tertiary/aromatic N) is 1. The van der Waals surface area contributed by atoms with Crippen LogP contribution in [0.1, 0.15) is 57.8 Å². The third kappa shape index (κ3) is 3.58. The summed E-state index contributed by atoms with van der Waals surface area (Å²) in [4.78, 5) is 15.2. The molecule has 1 saturated carbocycles. The van der Waals surface area contributed by atoms with E-state index >= 15 is 0 Å². The van der Waals surface area contributed by atoms with Gasteiger partial charge in [0.15, 0.2) is 0 Å². The molecular formula is C17H30N2OS. The van der Waals surface area contributed by atoms with Crippen molar-refractivity contribution >= 4 is 17.7 Å². The predicted molar refractivity (Wildman–Crippen MR) is 89.6 cm³/mol. The largest absolute Gasteiger partial charge is 0.337 e. The maximum atomic E-state index is 12.9. The molecule has 0 aromatic heterocycles. The first-order valence-corrected chi connectivity index (χ1v) is 9.94. The number of rotatable bonds is 3. The molecule has 21 heavy (non-hydrogen) atoms. The molecule has 2 saturated heterocycles. The van der Waals surface area contributed by atoms with Crippen LogP contribution in [0.2, 0.25) is 0 Å². The number of carbonyl (C=O) groups is 1. The number of thioether (sulfide) groups is 1. The summed E-state index contributed by atoms with van der Waals surface area (Å²) in [6.45, 7) is 1.00. The van der Waals surface area contributed by atoms with Crippen molar-refractivity contribution < 1.29 is 4.79 Å². The molecule has 0 bridgehead atoms. The molecule has 2 aliphatic heterocycles. The number of likely N-dealkylation sites (tertiary alicyclic amines) is 1. The summed E-state index contributed by atoms with van der Waals surface area (Å²) in [6.07, 6.45) is 11.6. The lowest BCUT2D eigenvalue weighted by Gasteiger charge is -2.34. The van der Waals surface area contributed by atoms with Gasteiger partial charge in [0.25, 0.3) is 0 Å². The third-order valence-corrected chi connectivity index (χ3v) is 7.08. The number of likely N-dealkylation sites (N-methyl/N-ethyl adjacent to an activating group) is 1. The first-order valence-electron chi connectivity index (χ1n) is 8.89. The molecule has 4 unspecified atom stereocenters. The van der Waals surface area contributed by atoms with Crippen molar-refractivity contribution in [3.8, 4) is 0 Å². The normalized spacial score (nSPS) is 38.0. The molecule has 120 valence electrons. The van der Waals surface area contributed by atoms with Gasteiger partial charge in [0, 0.05) is 17.8 Å². The fraction of sp³-hybridized carbons (Fsp3) is 0.941. The van der Waals surface area contributed by atoms with E-state index in [-0.39, 0.29) is 6.04 Å². The number of hydrogen-bond acceptors (Lipinski definition) is 3. The molecule has 4 heteroatoms. The summed E-state index contributed by atoms with van der Waals surface area (Å²) in [6, 6.07) is 0.603. The number of hydrogen-bond donors (Lipinski definition) is 1. The average molecular weight is 311 g/mol. The first-order chi connectivity index (χ1) is 10.3. The maximum absolute atomic E-state index is 12.9. The topological polar surface area (TPSA) is 32.3 Å². The fourth-order valence-electron chi connectivity index (χ4n) is 4.47. The molecule has 3 nitrogen and oxygen atoms in total. The Morgan fingerprint density at radius 2 is 2.00 bits per heavy atom. The minimum atomic E-state index is 0.0615. The lowest BCUT2D eigenvalue weighted by molar-refractivity contribution is -0.135. The van der Waals surface area contributed by atoms with E-state index in [0.717, 1.165) is 18.9 Å². The van der Waals surface area contributed by atoms with Gasteiger partial charge in [-0.2, -0.15) is 11.8 Å². The smallest absolute Gasteiger partial charge is 0.239 e. The Morgan fingerprint density at radius 1 is 1.10 bits per heavy atom. The van der Waals surface area contributed by atoms with E-state index in [1.165, 1.54) is 57.1 Å². The molecule has 3 fully saturated rings. The van der Waals surface area contributed by atoms with Crippen molar-refractivity contribution in [2.24, 2.45) is 5.92 Å². The van der Waals surface area contributed by atoms with Gasteiger partial charge in [0.1, 0.15) is 0 Å². The Morgan fingerprint density at radius 3 is 2.86 bits per heavy atom. The van der Waals surface area contributed by atoms with Gasteiger partial charge in [-0.1, -0.05) is 19.3 Å². The number of amides is 1. The van der Waals surface area contributed by atoms with E-state index in [9.17, 15) is 4.79 Å². The highest BCUT2D eigenvalue weighted by Gasteiger charge is 2.40. The maximum Gasteiger partial charge on any atom is 0.239 e. The number of nitrogens with one attached hydrogen (secondary N) is 1. The van der Waals surface area contributed by atoms with E-state index in [1.807, 2.05) is 7.05 Å². The quantitative estimate of drug-likeness (QED) is 0.869. The molecular weight excluding hydrogens is 280 g/mol. The first kappa shape index (κ1) is 15.7. The molecule has 1 N–H and O–H groups in total. The van der Waals surface area contributed by atoms with E-state index in [4.69, 9.17) is 0 Å². The van der Waals surface area contributed by atoms with Crippen LogP contribution in [0.15, 0.2) is 0 Å². The minimum Gasteiger partial charge on any atom is -0.337 e. The van der Waals surface area contributed by atoms with Crippen LogP contribution in [0.25, 0.3) is 0 Å². The highest BCUT2D eigenvalue weighted by atomic mass is 32.2. The van der Waals surface area contributed by atoms with Crippen LogP contribution < -0.4 is 5.32 Å². The van der Waals surface area contributed by atoms with Gasteiger partial charge in [-0.25, -0.2) is 0 Å². The monoisotopic (exact) mass is 310 g/mol. The highest BCUT2D eigenvalue weighted by Crippen LogP contribution is 2.37. The summed E-state index contributed by atoms with van der Waals surface area (Å²) in [5.41, 5.74) is 0. The van der Waals surface area contributed by atoms with Crippen LogP contribution in [0, 0.1) is 5.92 Å². The van der Waals surface area contributed by atoms with Crippen molar-refractivity contribution in [3.05, 3.63) is 0 Å². The van der Waals surface area contributed by atoms with E-state index in [2.05, 4.69) is 22.0 Å². The van der Waals surface area contributed by atoms with E-state index in [0.29, 0.717) is 17.2 Å². The lowest BCUT2D eigenvalue weighted by atomic mass is 9.97. The SMILES string of the molecule is CNC1CCC2CCCC2N(CC2CCCCCS2)C1=O. The zero-order valence-corrected chi connectivity index (χ0v) is 14.2. The Labute approximate surface area is 133 Å². The summed E-state index contributed by atoms with van der Waals surface area (Å²) in [5, 5.41) is 3.94. The van der Waals surface area contributed by atoms with Crippen LogP contribution in [0.3, 0.4) is 0 Å². The van der Waals surface area contributed by atoms with Crippen LogP contribution in [0.5, 0.6) is 0 Å². The van der Waals surface area contributed by atoms with Crippen molar-refractivity contribution in [1.29, 1.82) is 0 Å². The van der Waals surface area contributed by atoms with Crippen molar-refractivity contribution in [3.63, 3.8) is 0 Å². The number of fused-ring (bicyclic) bond motifs is 1. The molecule has 0 radical (unpaired) electrons. The molecule has 0 aromatic rings. The highest BCUT2D eigenvalue weighted by molar-refractivity contribution is 7.99. The van der Waals surface area contributed by atoms with Crippen molar-refractivity contribution in [2.45, 2.75) is 75.1 Å². The van der Waals surface area contributed by atoms with Gasteiger partial charge in [-0.3, -0.25) is 4.79 Å². The van der Waals surface area contributed by atoms with Gasteiger partial charge in [0.2, 0.25) is 5.91 Å². The van der Waals surface area contributed by atoms with E-state index in [1.54, 1.807) is 0 Å². The molecule has 2 heterocycles. The third-order valence-electron chi connectivity index (χ3n) is 5.70. The van der Waals surface area contributed by atoms with Crippen LogP contribution in [-0.2, 0) is 4.79 Å². The summed E-state index contributed by atoms with van der Waals surface area (Å²) < 4.78 is 0. The summed E-state index contributed by atoms with van der Waals surface area (Å²) >= 11 is 2.12. The van der Waals surface area contributed by atoms with Crippen LogP contribution in [0.4, 0.5) is 0 Å². The summed E-state index contributed by atoms with van der Waals surface area (Å²) in [5.74, 6) is 2.44. The molecule has 3 rings (SSSR count). The number of carbonyl (C=O) groups excluding carboxylic acids is 1. The zero-order valence-electron chi connectivity index (χ0n) is 13.4. The lowest BCUT2D eigenvalue weighted by Crippen LogP contribution is -2.50. The Bertz CT molecular complexity index is 355. The predicted octanol–water partition coefficient (Wildman–Crippen LogP) is 3.04. The van der Waals surface area contributed by atoms with Gasteiger partial charge >= 0.3 is 0 Å². The van der Waals surface area contributed by atoms with Crippen molar-refractivity contribution in [1.82, 2.24) is 10.2 Å². The van der Waals surface area contributed by atoms with Gasteiger partial charge in [-0.05, 0) is 57.2 Å². The fourth-order valence-corrected chi connectivity index (χ4v) is 5.78. The second kappa shape index (κ2) is 7.36. The Hall–Kier alpha value is -0.220. The zero-order chi connectivity index (χ0) is 14.7. The average Bonchev–Trinajstić information content (AvgIpc) is 2.74. The molecule has 1 aliphatic carbocycles. The van der Waals surface area contributed by atoms with Gasteiger partial charge in [-0.15, -0.1) is 0 Å². The van der Waals surface area contributed by atoms with Gasteiger partial charge < -0.3 is 10.2 Å². The molecule has 1 amide bonds. The Kier molecular flexibility index (Phi) is 5.49. The minimum absolute atomic E-state index is 0.0615. The molecule has 0 aromatic carbocycles. The van der Waals surface area contributed by atoms with Crippen LogP contribution in [-0.4, -0.2) is 47.5 Å². The summed E-state index contributed by atoms with van der Waals surface area (Å²) in [7, 11) is 1.95. The van der Waals surface area contributed by atoms with E-state index < -0.39 is 0 Å². The molecule has 3 aliphatic rings. The van der Waals surface area contributed by atoms with Crippen molar-refractivity contribution in [2.75, 3.05) is 19.3 Å². The standard InChI is InChI=1S/C17H30N2OS/c1-18-15-10-9-13-6-5-8-16(13)19(17(15)20)12-14-7-3-2-4-11-21-14/h13-16,18H,2-12H2,1H3. The second-order valence-electron chi connectivity index (χ2n) is 7.01. The Balaban J connectivity index is 1.72. The van der Waals surface area contributed by atoms with Crippen LogP contribution >= 0.6 is 11.8 Å². The second-order valence-corrected chi connectivity index (χ2v) is 8.42.